The van der Waals surface area contributed by atoms with Crippen LogP contribution in [0.5, 0.6) is 11.5 Å². The summed E-state index contributed by atoms with van der Waals surface area (Å²) in [5.74, 6) is -1.04. The number of carboxylic acid groups (broad SMARTS) is 1. The van der Waals surface area contributed by atoms with Crippen molar-refractivity contribution < 1.29 is 24.2 Å². The lowest BCUT2D eigenvalue weighted by molar-refractivity contribution is -0.112. The molecule has 178 valence electrons. The number of nitrogens with zero attached hydrogens (tertiary/aromatic N) is 1. The normalized spacial score (nSPS) is 10.9. The van der Waals surface area contributed by atoms with Crippen LogP contribution in [0.2, 0.25) is 10.0 Å². The summed E-state index contributed by atoms with van der Waals surface area (Å²) in [6, 6.07) is 16.4. The van der Waals surface area contributed by atoms with Gasteiger partial charge < -0.3 is 19.9 Å². The fraction of sp³-hybridized carbons (Fsp3) is 0.115. The van der Waals surface area contributed by atoms with E-state index in [2.05, 4.69) is 5.32 Å². The first-order valence-electron chi connectivity index (χ1n) is 10.2. The molecule has 0 saturated heterocycles. The van der Waals surface area contributed by atoms with Crippen LogP contribution < -0.4 is 14.8 Å². The van der Waals surface area contributed by atoms with Crippen molar-refractivity contribution in [1.82, 2.24) is 0 Å². The Balaban J connectivity index is 1.81. The number of carbonyl (C=O) groups is 2. The van der Waals surface area contributed by atoms with E-state index in [0.717, 1.165) is 5.56 Å². The van der Waals surface area contributed by atoms with Crippen LogP contribution >= 0.6 is 23.2 Å². The topological polar surface area (TPSA) is 109 Å². The summed E-state index contributed by atoms with van der Waals surface area (Å²) in [6.07, 6.45) is 1.39. The number of nitrogens with one attached hydrogen (secondary N) is 1. The molecular formula is C26H20Cl2N2O5. The van der Waals surface area contributed by atoms with Crippen LogP contribution in [0.25, 0.3) is 6.08 Å². The van der Waals surface area contributed by atoms with E-state index in [0.29, 0.717) is 27.6 Å². The molecule has 0 saturated carbocycles. The van der Waals surface area contributed by atoms with E-state index in [1.807, 2.05) is 6.07 Å². The van der Waals surface area contributed by atoms with Crippen LogP contribution in [0.4, 0.5) is 5.69 Å². The van der Waals surface area contributed by atoms with Crippen molar-refractivity contribution in [3.05, 3.63) is 92.5 Å². The first kappa shape index (κ1) is 25.6. The molecule has 3 aromatic rings. The number of hydrogen-bond acceptors (Lipinski definition) is 5. The van der Waals surface area contributed by atoms with Gasteiger partial charge in [-0.25, -0.2) is 4.79 Å². The number of rotatable bonds is 8. The summed E-state index contributed by atoms with van der Waals surface area (Å²) in [5.41, 5.74) is 2.40. The van der Waals surface area contributed by atoms with E-state index in [1.165, 1.54) is 25.3 Å². The molecule has 2 N–H and O–H groups in total. The van der Waals surface area contributed by atoms with Crippen molar-refractivity contribution in [2.75, 3.05) is 12.4 Å². The Labute approximate surface area is 212 Å². The van der Waals surface area contributed by atoms with Crippen LogP contribution in [-0.4, -0.2) is 24.1 Å². The van der Waals surface area contributed by atoms with Crippen LogP contribution in [-0.2, 0) is 11.4 Å². The quantitative estimate of drug-likeness (QED) is 0.278. The molecule has 9 heteroatoms. The maximum absolute atomic E-state index is 12.7. The third kappa shape index (κ3) is 6.33. The predicted molar refractivity (Wildman–Crippen MR) is 134 cm³/mol. The first-order chi connectivity index (χ1) is 16.7. The minimum Gasteiger partial charge on any atom is -0.493 e. The zero-order valence-electron chi connectivity index (χ0n) is 18.8. The molecule has 3 rings (SSSR count). The molecule has 0 fully saturated rings. The summed E-state index contributed by atoms with van der Waals surface area (Å²) in [7, 11) is 1.44. The van der Waals surface area contributed by atoms with Gasteiger partial charge in [-0.2, -0.15) is 5.26 Å². The van der Waals surface area contributed by atoms with Crippen LogP contribution in [0, 0.1) is 18.3 Å². The van der Waals surface area contributed by atoms with Crippen molar-refractivity contribution in [2.45, 2.75) is 13.5 Å². The summed E-state index contributed by atoms with van der Waals surface area (Å²) in [4.78, 5) is 23.7. The van der Waals surface area contributed by atoms with Crippen molar-refractivity contribution in [3.8, 4) is 17.6 Å². The van der Waals surface area contributed by atoms with Gasteiger partial charge in [-0.15, -0.1) is 0 Å². The molecule has 0 heterocycles. The maximum atomic E-state index is 12.7. The third-order valence-corrected chi connectivity index (χ3v) is 5.72. The van der Waals surface area contributed by atoms with Crippen molar-refractivity contribution >= 4 is 46.8 Å². The van der Waals surface area contributed by atoms with E-state index in [4.69, 9.17) is 37.8 Å². The number of hydrogen-bond donors (Lipinski definition) is 2. The monoisotopic (exact) mass is 510 g/mol. The number of carbonyl (C=O) groups excluding carboxylic acids is 1. The molecule has 35 heavy (non-hydrogen) atoms. The molecule has 0 bridgehead atoms. The first-order valence-corrected chi connectivity index (χ1v) is 11.0. The second-order valence-electron chi connectivity index (χ2n) is 7.36. The molecule has 1 amide bonds. The van der Waals surface area contributed by atoms with Crippen LogP contribution in [0.1, 0.15) is 27.0 Å². The molecule has 0 spiro atoms. The SMILES string of the molecule is COc1cc(/C=C(/C#N)C(=O)Nc2cccc(Cl)c2C)cc(Cl)c1OCc1ccc(C(=O)O)cc1. The maximum Gasteiger partial charge on any atom is 0.335 e. The number of halogens is 2. The minimum atomic E-state index is -1.01. The number of amides is 1. The van der Waals surface area contributed by atoms with E-state index < -0.39 is 11.9 Å². The average molecular weight is 511 g/mol. The molecule has 0 aromatic heterocycles. The molecule has 0 aliphatic heterocycles. The highest BCUT2D eigenvalue weighted by Gasteiger charge is 2.15. The van der Waals surface area contributed by atoms with Gasteiger partial charge in [0.2, 0.25) is 0 Å². The number of benzene rings is 3. The molecule has 0 aliphatic carbocycles. The number of ether oxygens (including phenoxy) is 2. The van der Waals surface area contributed by atoms with Gasteiger partial charge in [0.05, 0.1) is 17.7 Å². The number of carboxylic acids is 1. The molecule has 0 radical (unpaired) electrons. The Bertz CT molecular complexity index is 1350. The number of anilines is 1. The number of aromatic carboxylic acids is 1. The van der Waals surface area contributed by atoms with E-state index in [9.17, 15) is 14.9 Å². The highest BCUT2D eigenvalue weighted by molar-refractivity contribution is 6.32. The largest absolute Gasteiger partial charge is 0.493 e. The molecule has 0 aliphatic rings. The fourth-order valence-electron chi connectivity index (χ4n) is 3.11. The predicted octanol–water partition coefficient (Wildman–Crippen LogP) is 6.13. The van der Waals surface area contributed by atoms with Crippen molar-refractivity contribution in [3.63, 3.8) is 0 Å². The zero-order valence-corrected chi connectivity index (χ0v) is 20.3. The Morgan fingerprint density at radius 2 is 1.83 bits per heavy atom. The highest BCUT2D eigenvalue weighted by atomic mass is 35.5. The fourth-order valence-corrected chi connectivity index (χ4v) is 3.56. The number of nitriles is 1. The molecule has 0 unspecified atom stereocenters. The van der Waals surface area contributed by atoms with Crippen molar-refractivity contribution in [2.24, 2.45) is 0 Å². The smallest absolute Gasteiger partial charge is 0.335 e. The lowest BCUT2D eigenvalue weighted by Gasteiger charge is -2.14. The Morgan fingerprint density at radius 3 is 2.46 bits per heavy atom. The lowest BCUT2D eigenvalue weighted by Crippen LogP contribution is -2.14. The zero-order chi connectivity index (χ0) is 25.5. The summed E-state index contributed by atoms with van der Waals surface area (Å²) < 4.78 is 11.2. The van der Waals surface area contributed by atoms with E-state index >= 15 is 0 Å². The van der Waals surface area contributed by atoms with Crippen LogP contribution in [0.3, 0.4) is 0 Å². The highest BCUT2D eigenvalue weighted by Crippen LogP contribution is 2.37. The van der Waals surface area contributed by atoms with Gasteiger partial charge in [-0.3, -0.25) is 4.79 Å². The summed E-state index contributed by atoms with van der Waals surface area (Å²) in [6.45, 7) is 1.88. The second-order valence-corrected chi connectivity index (χ2v) is 8.18. The summed E-state index contributed by atoms with van der Waals surface area (Å²) >= 11 is 12.5. The molecule has 3 aromatic carbocycles. The minimum absolute atomic E-state index is 0.121. The average Bonchev–Trinajstić information content (AvgIpc) is 2.84. The van der Waals surface area contributed by atoms with Crippen LogP contribution in [0.15, 0.2) is 60.2 Å². The van der Waals surface area contributed by atoms with Crippen molar-refractivity contribution in [1.29, 1.82) is 5.26 Å². The van der Waals surface area contributed by atoms with Gasteiger partial charge in [0.15, 0.2) is 11.5 Å². The third-order valence-electron chi connectivity index (χ3n) is 5.03. The number of methoxy groups -OCH3 is 1. The summed E-state index contributed by atoms with van der Waals surface area (Å²) in [5, 5.41) is 21.9. The molecule has 0 atom stereocenters. The Hall–Kier alpha value is -3.99. The lowest BCUT2D eigenvalue weighted by atomic mass is 10.1. The molecule has 7 nitrogen and oxygen atoms in total. The molecular weight excluding hydrogens is 491 g/mol. The standard InChI is InChI=1S/C26H20Cl2N2O5/c1-15-20(27)4-3-5-22(15)30-25(31)19(13-29)10-17-11-21(28)24(23(12-17)34-2)35-14-16-6-8-18(9-7-16)26(32)33/h3-12H,14H2,1-2H3,(H,30,31)(H,32,33)/b19-10-. The van der Waals surface area contributed by atoms with Gasteiger partial charge in [0.1, 0.15) is 18.2 Å². The van der Waals surface area contributed by atoms with E-state index in [-0.39, 0.29) is 28.5 Å². The Morgan fingerprint density at radius 1 is 1.11 bits per heavy atom. The van der Waals surface area contributed by atoms with Gasteiger partial charge in [0, 0.05) is 10.7 Å². The second kappa shape index (κ2) is 11.4. The Kier molecular flexibility index (Phi) is 8.37. The van der Waals surface area contributed by atoms with Gasteiger partial charge >= 0.3 is 5.97 Å². The van der Waals surface area contributed by atoms with Gasteiger partial charge in [-0.05, 0) is 66.1 Å². The van der Waals surface area contributed by atoms with E-state index in [1.54, 1.807) is 49.4 Å². The van der Waals surface area contributed by atoms with Gasteiger partial charge in [-0.1, -0.05) is 41.4 Å². The van der Waals surface area contributed by atoms with Gasteiger partial charge in [0.25, 0.3) is 5.91 Å².